The summed E-state index contributed by atoms with van der Waals surface area (Å²) in [4.78, 5) is 0. The minimum atomic E-state index is -2.90. The van der Waals surface area contributed by atoms with Crippen LogP contribution in [0.5, 0.6) is 5.75 Å². The molecular formula is C13H20NO3P. The minimum Gasteiger partial charge on any atom is -0.497 e. The molecular weight excluding hydrogens is 249 g/mol. The zero-order chi connectivity index (χ0) is 12.8. The lowest BCUT2D eigenvalue weighted by molar-refractivity contribution is 0.307. The molecule has 1 aromatic rings. The van der Waals surface area contributed by atoms with Crippen molar-refractivity contribution < 1.29 is 13.8 Å². The highest BCUT2D eigenvalue weighted by atomic mass is 31.2. The maximum Gasteiger partial charge on any atom is 0.299 e. The third kappa shape index (κ3) is 3.35. The number of hydrogen-bond acceptors (Lipinski definition) is 3. The Labute approximate surface area is 108 Å². The van der Waals surface area contributed by atoms with E-state index in [1.54, 1.807) is 7.11 Å². The van der Waals surface area contributed by atoms with Gasteiger partial charge in [-0.15, -0.1) is 0 Å². The predicted molar refractivity (Wildman–Crippen MR) is 72.7 cm³/mol. The second kappa shape index (κ2) is 6.37. The molecule has 18 heavy (non-hydrogen) atoms. The number of nitrogens with one attached hydrogen (secondary N) is 1. The molecule has 1 heterocycles. The molecule has 0 amide bonds. The van der Waals surface area contributed by atoms with E-state index in [4.69, 9.17) is 9.26 Å². The third-order valence-corrected chi connectivity index (χ3v) is 5.24. The fourth-order valence-electron chi connectivity index (χ4n) is 1.99. The molecule has 5 heteroatoms. The summed E-state index contributed by atoms with van der Waals surface area (Å²) in [5.41, 5.74) is 0. The number of benzene rings is 1. The van der Waals surface area contributed by atoms with Crippen molar-refractivity contribution >= 4 is 12.8 Å². The quantitative estimate of drug-likeness (QED) is 0.839. The van der Waals surface area contributed by atoms with Crippen LogP contribution >= 0.6 is 7.52 Å². The van der Waals surface area contributed by atoms with E-state index in [-0.39, 0.29) is 0 Å². The first-order valence-corrected chi connectivity index (χ1v) is 8.01. The van der Waals surface area contributed by atoms with Crippen LogP contribution in [0.4, 0.5) is 0 Å². The van der Waals surface area contributed by atoms with Gasteiger partial charge >= 0.3 is 0 Å². The minimum absolute atomic E-state index is 0.552. The van der Waals surface area contributed by atoms with Gasteiger partial charge in [0, 0.05) is 6.54 Å². The lowest BCUT2D eigenvalue weighted by Crippen LogP contribution is -2.22. The molecule has 1 unspecified atom stereocenters. The maximum atomic E-state index is 12.8. The van der Waals surface area contributed by atoms with Gasteiger partial charge in [0.1, 0.15) is 5.75 Å². The summed E-state index contributed by atoms with van der Waals surface area (Å²) in [6.45, 7) is 1.29. The van der Waals surface area contributed by atoms with Crippen LogP contribution in [0.3, 0.4) is 0 Å². The summed E-state index contributed by atoms with van der Waals surface area (Å²) in [6, 6.07) is 7.24. The Morgan fingerprint density at radius 2 is 1.89 bits per heavy atom. The molecule has 1 N–H and O–H groups in total. The summed E-state index contributed by atoms with van der Waals surface area (Å²) >= 11 is 0. The average molecular weight is 269 g/mol. The van der Waals surface area contributed by atoms with Crippen LogP contribution in [0.1, 0.15) is 25.7 Å². The summed E-state index contributed by atoms with van der Waals surface area (Å²) in [5.74, 6) is 0.759. The molecule has 1 aliphatic rings. The summed E-state index contributed by atoms with van der Waals surface area (Å²) < 4.78 is 23.5. The van der Waals surface area contributed by atoms with Gasteiger partial charge in [-0.2, -0.15) is 0 Å². The van der Waals surface area contributed by atoms with E-state index >= 15 is 0 Å². The normalized spacial score (nSPS) is 25.8. The molecule has 1 saturated heterocycles. The molecule has 0 spiro atoms. The van der Waals surface area contributed by atoms with Gasteiger partial charge in [0.05, 0.1) is 19.0 Å². The topological polar surface area (TPSA) is 47.6 Å². The maximum absolute atomic E-state index is 12.8. The molecule has 4 nitrogen and oxygen atoms in total. The SMILES string of the molecule is COc1ccc(P2(=O)NCCCCCCO2)cc1. The van der Waals surface area contributed by atoms with Crippen molar-refractivity contribution in [1.29, 1.82) is 0 Å². The fraction of sp³-hybridized carbons (Fsp3) is 0.538. The average Bonchev–Trinajstić information content (AvgIpc) is 2.52. The second-order valence-electron chi connectivity index (χ2n) is 4.41. The van der Waals surface area contributed by atoms with E-state index in [0.29, 0.717) is 11.9 Å². The Morgan fingerprint density at radius 1 is 1.17 bits per heavy atom. The second-order valence-corrected chi connectivity index (χ2v) is 6.60. The monoisotopic (exact) mass is 269 g/mol. The van der Waals surface area contributed by atoms with Gasteiger partial charge in [0.2, 0.25) is 0 Å². The number of methoxy groups -OCH3 is 1. The van der Waals surface area contributed by atoms with Crippen molar-refractivity contribution in [2.24, 2.45) is 0 Å². The smallest absolute Gasteiger partial charge is 0.299 e. The van der Waals surface area contributed by atoms with E-state index in [1.165, 1.54) is 6.42 Å². The van der Waals surface area contributed by atoms with Gasteiger partial charge in [0.15, 0.2) is 0 Å². The van der Waals surface area contributed by atoms with Gasteiger partial charge in [-0.25, -0.2) is 5.09 Å². The standard InChI is InChI=1S/C13H20NO3P/c1-16-12-6-8-13(9-7-12)18(15)14-10-4-2-3-5-11-17-18/h6-9H,2-5,10-11H2,1H3,(H,14,15). The number of rotatable bonds is 2. The third-order valence-electron chi connectivity index (χ3n) is 3.08. The molecule has 0 aromatic heterocycles. The van der Waals surface area contributed by atoms with Crippen LogP contribution in [-0.4, -0.2) is 20.3 Å². The zero-order valence-electron chi connectivity index (χ0n) is 10.7. The Hall–Kier alpha value is -0.830. The first kappa shape index (κ1) is 13.6. The highest BCUT2D eigenvalue weighted by molar-refractivity contribution is 7.65. The molecule has 100 valence electrons. The van der Waals surface area contributed by atoms with Crippen molar-refractivity contribution in [3.8, 4) is 5.75 Å². The molecule has 1 aromatic carbocycles. The van der Waals surface area contributed by atoms with Crippen LogP contribution in [-0.2, 0) is 9.09 Å². The van der Waals surface area contributed by atoms with Crippen LogP contribution in [0, 0.1) is 0 Å². The van der Waals surface area contributed by atoms with E-state index < -0.39 is 7.52 Å². The Balaban J connectivity index is 2.17. The van der Waals surface area contributed by atoms with Crippen molar-refractivity contribution in [2.45, 2.75) is 25.7 Å². The summed E-state index contributed by atoms with van der Waals surface area (Å²) in [6.07, 6.45) is 4.33. The molecule has 0 saturated carbocycles. The summed E-state index contributed by atoms with van der Waals surface area (Å²) in [7, 11) is -1.28. The summed E-state index contributed by atoms with van der Waals surface area (Å²) in [5, 5.41) is 3.80. The largest absolute Gasteiger partial charge is 0.497 e. The van der Waals surface area contributed by atoms with Gasteiger partial charge in [-0.05, 0) is 37.1 Å². The van der Waals surface area contributed by atoms with Gasteiger partial charge in [-0.1, -0.05) is 12.8 Å². The molecule has 0 radical (unpaired) electrons. The van der Waals surface area contributed by atoms with Gasteiger partial charge < -0.3 is 9.26 Å². The van der Waals surface area contributed by atoms with E-state index in [1.807, 2.05) is 24.3 Å². The number of ether oxygens (including phenoxy) is 1. The Morgan fingerprint density at radius 3 is 2.61 bits per heavy atom. The van der Waals surface area contributed by atoms with E-state index in [9.17, 15) is 4.57 Å². The molecule has 1 aliphatic heterocycles. The molecule has 1 atom stereocenters. The number of hydrogen-bond donors (Lipinski definition) is 1. The van der Waals surface area contributed by atoms with Crippen molar-refractivity contribution in [1.82, 2.24) is 5.09 Å². The lowest BCUT2D eigenvalue weighted by Gasteiger charge is -2.19. The van der Waals surface area contributed by atoms with Crippen LogP contribution in [0.25, 0.3) is 0 Å². The van der Waals surface area contributed by atoms with E-state index in [0.717, 1.165) is 31.6 Å². The van der Waals surface area contributed by atoms with Crippen LogP contribution in [0.2, 0.25) is 0 Å². The molecule has 0 aliphatic carbocycles. The van der Waals surface area contributed by atoms with Crippen LogP contribution in [0.15, 0.2) is 24.3 Å². The first-order chi connectivity index (χ1) is 8.74. The molecule has 0 bridgehead atoms. The predicted octanol–water partition coefficient (Wildman–Crippen LogP) is 2.69. The van der Waals surface area contributed by atoms with Crippen molar-refractivity contribution in [3.63, 3.8) is 0 Å². The lowest BCUT2D eigenvalue weighted by atomic mass is 10.2. The molecule has 1 fully saturated rings. The van der Waals surface area contributed by atoms with Crippen LogP contribution < -0.4 is 15.1 Å². The molecule has 2 rings (SSSR count). The van der Waals surface area contributed by atoms with Crippen molar-refractivity contribution in [3.05, 3.63) is 24.3 Å². The highest BCUT2D eigenvalue weighted by Gasteiger charge is 2.25. The van der Waals surface area contributed by atoms with Crippen molar-refractivity contribution in [2.75, 3.05) is 20.3 Å². The van der Waals surface area contributed by atoms with E-state index in [2.05, 4.69) is 5.09 Å². The zero-order valence-corrected chi connectivity index (χ0v) is 11.6. The highest BCUT2D eigenvalue weighted by Crippen LogP contribution is 2.42. The Bertz CT molecular complexity index is 405. The fourth-order valence-corrected chi connectivity index (χ4v) is 3.79. The Kier molecular flexibility index (Phi) is 4.81. The van der Waals surface area contributed by atoms with Gasteiger partial charge in [0.25, 0.3) is 7.52 Å². The first-order valence-electron chi connectivity index (χ1n) is 6.39. The van der Waals surface area contributed by atoms with Gasteiger partial charge in [-0.3, -0.25) is 4.57 Å².